The second-order valence-electron chi connectivity index (χ2n) is 11.8. The van der Waals surface area contributed by atoms with E-state index in [9.17, 15) is 23.2 Å². The molecule has 3 saturated carbocycles. The van der Waals surface area contributed by atoms with Crippen LogP contribution in [0.3, 0.4) is 0 Å². The SMILES string of the molecule is CC(C)(C)OC(=O)N1CC[C@@H](NC(=O)C2C3CCC(CC3)C2C(=O)NCc2nc(C(C)(F)F)co2)[C@H](F)C1. The van der Waals surface area contributed by atoms with Gasteiger partial charge in [0.25, 0.3) is 5.92 Å². The minimum absolute atomic E-state index is 0.00258. The van der Waals surface area contributed by atoms with Crippen molar-refractivity contribution < 1.29 is 36.7 Å². The van der Waals surface area contributed by atoms with E-state index in [1.54, 1.807) is 20.8 Å². The maximum absolute atomic E-state index is 15.0. The normalized spacial score (nSPS) is 29.6. The topological polar surface area (TPSA) is 114 Å². The quantitative estimate of drug-likeness (QED) is 0.564. The average Bonchev–Trinajstić information content (AvgIpc) is 3.32. The van der Waals surface area contributed by atoms with Crippen LogP contribution in [0.1, 0.15) is 71.4 Å². The lowest BCUT2D eigenvalue weighted by molar-refractivity contribution is -0.147. The maximum Gasteiger partial charge on any atom is 0.410 e. The first-order valence-electron chi connectivity index (χ1n) is 13.3. The van der Waals surface area contributed by atoms with E-state index in [0.29, 0.717) is 6.92 Å². The van der Waals surface area contributed by atoms with Gasteiger partial charge in [-0.3, -0.25) is 9.59 Å². The number of aromatic nitrogens is 1. The number of amides is 3. The Balaban J connectivity index is 1.37. The monoisotopic (exact) mass is 542 g/mol. The van der Waals surface area contributed by atoms with Crippen molar-refractivity contribution >= 4 is 17.9 Å². The molecular weight excluding hydrogens is 505 g/mol. The predicted molar refractivity (Wildman–Crippen MR) is 130 cm³/mol. The Morgan fingerprint density at radius 1 is 1.05 bits per heavy atom. The summed E-state index contributed by atoms with van der Waals surface area (Å²) in [5, 5.41) is 5.52. The van der Waals surface area contributed by atoms with Gasteiger partial charge >= 0.3 is 6.09 Å². The minimum Gasteiger partial charge on any atom is -0.447 e. The molecule has 2 N–H and O–H groups in total. The van der Waals surface area contributed by atoms with Crippen LogP contribution in [-0.2, 0) is 26.8 Å². The van der Waals surface area contributed by atoms with Crippen LogP contribution in [0.25, 0.3) is 0 Å². The maximum atomic E-state index is 15.0. The molecule has 1 aromatic rings. The molecule has 1 saturated heterocycles. The van der Waals surface area contributed by atoms with E-state index < -0.39 is 47.4 Å². The molecule has 0 aromatic carbocycles. The number of carbonyl (C=O) groups is 3. The number of nitrogens with one attached hydrogen (secondary N) is 2. The molecule has 0 spiro atoms. The molecule has 212 valence electrons. The lowest BCUT2D eigenvalue weighted by Crippen LogP contribution is -2.58. The summed E-state index contributed by atoms with van der Waals surface area (Å²) in [6, 6.07) is -0.771. The smallest absolute Gasteiger partial charge is 0.410 e. The number of carbonyl (C=O) groups excluding carboxylic acids is 3. The van der Waals surface area contributed by atoms with E-state index in [0.717, 1.165) is 31.9 Å². The van der Waals surface area contributed by atoms with E-state index in [1.165, 1.54) is 4.90 Å². The molecule has 4 aliphatic rings. The third kappa shape index (κ3) is 6.43. The van der Waals surface area contributed by atoms with Crippen molar-refractivity contribution in [3.8, 4) is 0 Å². The number of likely N-dealkylation sites (tertiary alicyclic amines) is 1. The van der Waals surface area contributed by atoms with Crippen molar-refractivity contribution in [2.24, 2.45) is 23.7 Å². The van der Waals surface area contributed by atoms with Crippen LogP contribution in [0.4, 0.5) is 18.0 Å². The molecule has 2 bridgehead atoms. The molecule has 1 aliphatic heterocycles. The first-order chi connectivity index (χ1) is 17.7. The first kappa shape index (κ1) is 28.2. The van der Waals surface area contributed by atoms with Crippen molar-refractivity contribution in [2.45, 2.75) is 90.1 Å². The van der Waals surface area contributed by atoms with Gasteiger partial charge in [0.2, 0.25) is 17.7 Å². The third-order valence-corrected chi connectivity index (χ3v) is 7.76. The molecule has 4 fully saturated rings. The highest BCUT2D eigenvalue weighted by Gasteiger charge is 2.51. The fourth-order valence-electron chi connectivity index (χ4n) is 5.92. The Morgan fingerprint density at radius 3 is 2.18 bits per heavy atom. The summed E-state index contributed by atoms with van der Waals surface area (Å²) >= 11 is 0. The summed E-state index contributed by atoms with van der Waals surface area (Å²) in [7, 11) is 0. The van der Waals surface area contributed by atoms with Gasteiger partial charge in [0.1, 0.15) is 23.7 Å². The van der Waals surface area contributed by atoms with Crippen molar-refractivity contribution in [3.63, 3.8) is 0 Å². The van der Waals surface area contributed by atoms with Gasteiger partial charge < -0.3 is 24.7 Å². The van der Waals surface area contributed by atoms with Crippen molar-refractivity contribution in [1.29, 1.82) is 0 Å². The minimum atomic E-state index is -3.16. The van der Waals surface area contributed by atoms with Crippen LogP contribution in [0.2, 0.25) is 0 Å². The van der Waals surface area contributed by atoms with Gasteiger partial charge in [0.15, 0.2) is 0 Å². The van der Waals surface area contributed by atoms with E-state index in [1.807, 2.05) is 0 Å². The average molecular weight is 543 g/mol. The zero-order valence-corrected chi connectivity index (χ0v) is 22.3. The number of fused-ring (bicyclic) bond motifs is 3. The Kier molecular flexibility index (Phi) is 7.99. The molecule has 1 aromatic heterocycles. The van der Waals surface area contributed by atoms with Crippen LogP contribution in [0, 0.1) is 23.7 Å². The second kappa shape index (κ2) is 10.8. The molecule has 2 heterocycles. The van der Waals surface area contributed by atoms with Gasteiger partial charge in [-0.2, -0.15) is 8.78 Å². The first-order valence-corrected chi connectivity index (χ1v) is 13.3. The molecule has 5 rings (SSSR count). The number of alkyl halides is 3. The number of rotatable bonds is 6. The van der Waals surface area contributed by atoms with Gasteiger partial charge in [-0.1, -0.05) is 0 Å². The molecule has 38 heavy (non-hydrogen) atoms. The number of halogens is 3. The highest BCUT2D eigenvalue weighted by atomic mass is 19.3. The van der Waals surface area contributed by atoms with Crippen molar-refractivity contribution in [1.82, 2.24) is 20.5 Å². The Morgan fingerprint density at radius 2 is 1.66 bits per heavy atom. The Labute approximate surface area is 220 Å². The largest absolute Gasteiger partial charge is 0.447 e. The fourth-order valence-corrected chi connectivity index (χ4v) is 5.92. The van der Waals surface area contributed by atoms with Crippen molar-refractivity contribution in [3.05, 3.63) is 17.8 Å². The second-order valence-corrected chi connectivity index (χ2v) is 11.8. The fraction of sp³-hybridized carbons (Fsp3) is 0.769. The van der Waals surface area contributed by atoms with Crippen LogP contribution in [0.5, 0.6) is 0 Å². The molecular formula is C26H37F3N4O5. The van der Waals surface area contributed by atoms with E-state index in [2.05, 4.69) is 15.6 Å². The summed E-state index contributed by atoms with van der Waals surface area (Å²) in [4.78, 5) is 44.0. The van der Waals surface area contributed by atoms with Crippen LogP contribution in [0.15, 0.2) is 10.7 Å². The zero-order chi connectivity index (χ0) is 27.8. The summed E-state index contributed by atoms with van der Waals surface area (Å²) in [5.74, 6) is -5.14. The van der Waals surface area contributed by atoms with Crippen molar-refractivity contribution in [2.75, 3.05) is 13.1 Å². The molecule has 2 unspecified atom stereocenters. The molecule has 3 amide bonds. The number of ether oxygens (including phenoxy) is 1. The number of hydrogen-bond acceptors (Lipinski definition) is 6. The highest BCUT2D eigenvalue weighted by Crippen LogP contribution is 2.49. The van der Waals surface area contributed by atoms with Crippen LogP contribution >= 0.6 is 0 Å². The van der Waals surface area contributed by atoms with Gasteiger partial charge in [-0.05, 0) is 64.7 Å². The number of nitrogens with zero attached hydrogens (tertiary/aromatic N) is 2. The Hall–Kier alpha value is -2.79. The van der Waals surface area contributed by atoms with E-state index >= 15 is 4.39 Å². The number of oxazole rings is 1. The number of piperidine rings is 1. The van der Waals surface area contributed by atoms with Gasteiger partial charge in [-0.25, -0.2) is 14.2 Å². The lowest BCUT2D eigenvalue weighted by Gasteiger charge is -2.47. The highest BCUT2D eigenvalue weighted by molar-refractivity contribution is 5.88. The Bertz CT molecular complexity index is 1030. The van der Waals surface area contributed by atoms with E-state index in [4.69, 9.17) is 9.15 Å². The molecule has 4 atom stereocenters. The predicted octanol–water partition coefficient (Wildman–Crippen LogP) is 3.92. The zero-order valence-electron chi connectivity index (χ0n) is 22.3. The van der Waals surface area contributed by atoms with Gasteiger partial charge in [-0.15, -0.1) is 0 Å². The third-order valence-electron chi connectivity index (χ3n) is 7.76. The molecule has 0 radical (unpaired) electrons. The summed E-state index contributed by atoms with van der Waals surface area (Å²) < 4.78 is 52.3. The standard InChI is InChI=1S/C26H37F3N4O5/c1-25(2,3)38-24(36)33-10-9-17(16(27)12-33)31-23(35)21-15-7-5-14(6-8-15)20(21)22(34)30-11-19-32-18(13-37-19)26(4,28)29/h13-17,20-21H,5-12H2,1-4H3,(H,30,34)(H,31,35)/t14?,15?,16-,17-,20?,21?/m1/s1. The van der Waals surface area contributed by atoms with Gasteiger partial charge in [0, 0.05) is 13.5 Å². The molecule has 9 nitrogen and oxygen atoms in total. The summed E-state index contributed by atoms with van der Waals surface area (Å²) in [6.45, 7) is 5.81. The van der Waals surface area contributed by atoms with Crippen LogP contribution in [-0.4, -0.2) is 58.7 Å². The lowest BCUT2D eigenvalue weighted by atomic mass is 9.58. The summed E-state index contributed by atoms with van der Waals surface area (Å²) in [5.41, 5.74) is -1.21. The van der Waals surface area contributed by atoms with E-state index in [-0.39, 0.29) is 55.6 Å². The number of hydrogen-bond donors (Lipinski definition) is 2. The molecule has 3 aliphatic carbocycles. The van der Waals surface area contributed by atoms with Crippen LogP contribution < -0.4 is 10.6 Å². The molecule has 12 heteroatoms. The summed E-state index contributed by atoms with van der Waals surface area (Å²) in [6.07, 6.45) is 2.31. The van der Waals surface area contributed by atoms with Gasteiger partial charge in [0.05, 0.1) is 31.0 Å².